The summed E-state index contributed by atoms with van der Waals surface area (Å²) in [5.41, 5.74) is 0.857. The summed E-state index contributed by atoms with van der Waals surface area (Å²) < 4.78 is 19.8. The van der Waals surface area contributed by atoms with E-state index in [2.05, 4.69) is 10.2 Å². The first kappa shape index (κ1) is 22.5. The zero-order chi connectivity index (χ0) is 22.7. The van der Waals surface area contributed by atoms with E-state index in [1.807, 2.05) is 30.3 Å². The molecule has 0 atom stereocenters. The quantitative estimate of drug-likeness (QED) is 0.589. The SMILES string of the molecule is COc1ccc(CN2CCN(C(=O)CNC(=O)c3sc4ccccc4c3Cl)CC2)cc1F. The average molecular weight is 476 g/mol. The third kappa shape index (κ3) is 4.87. The van der Waals surface area contributed by atoms with Crippen molar-refractivity contribution >= 4 is 44.8 Å². The number of ether oxygens (including phenoxy) is 1. The maximum atomic E-state index is 13.9. The molecule has 6 nitrogen and oxygen atoms in total. The summed E-state index contributed by atoms with van der Waals surface area (Å²) in [7, 11) is 1.44. The van der Waals surface area contributed by atoms with Crippen molar-refractivity contribution in [2.24, 2.45) is 0 Å². The van der Waals surface area contributed by atoms with E-state index in [1.54, 1.807) is 11.0 Å². The first-order valence-electron chi connectivity index (χ1n) is 10.2. The van der Waals surface area contributed by atoms with Gasteiger partial charge in [0.05, 0.1) is 18.7 Å². The normalized spacial score (nSPS) is 14.5. The van der Waals surface area contributed by atoms with E-state index in [9.17, 15) is 14.0 Å². The van der Waals surface area contributed by atoms with E-state index in [1.165, 1.54) is 24.5 Å². The molecule has 0 saturated carbocycles. The van der Waals surface area contributed by atoms with Crippen LogP contribution in [-0.4, -0.2) is 61.4 Å². The van der Waals surface area contributed by atoms with E-state index in [0.29, 0.717) is 42.6 Å². The molecule has 2 heterocycles. The van der Waals surface area contributed by atoms with Gasteiger partial charge in [0.25, 0.3) is 5.91 Å². The fourth-order valence-electron chi connectivity index (χ4n) is 3.73. The molecule has 1 fully saturated rings. The first-order chi connectivity index (χ1) is 15.5. The molecule has 0 aliphatic carbocycles. The molecule has 1 N–H and O–H groups in total. The molecule has 0 radical (unpaired) electrons. The second-order valence-corrected chi connectivity index (χ2v) is 8.98. The van der Waals surface area contributed by atoms with Crippen LogP contribution < -0.4 is 10.1 Å². The number of hydrogen-bond acceptors (Lipinski definition) is 5. The number of nitrogens with zero attached hydrogens (tertiary/aromatic N) is 2. The molecule has 3 aromatic rings. The molecule has 0 unspecified atom stereocenters. The second kappa shape index (κ2) is 9.85. The number of halogens is 2. The third-order valence-electron chi connectivity index (χ3n) is 5.49. The molecule has 0 spiro atoms. The molecule has 2 aromatic carbocycles. The molecule has 1 aromatic heterocycles. The lowest BCUT2D eigenvalue weighted by molar-refractivity contribution is -0.131. The van der Waals surface area contributed by atoms with Gasteiger partial charge in [0.1, 0.15) is 4.88 Å². The Hall–Kier alpha value is -2.68. The molecule has 168 valence electrons. The van der Waals surface area contributed by atoms with Gasteiger partial charge in [-0.05, 0) is 23.8 Å². The Bertz CT molecular complexity index is 1140. The van der Waals surface area contributed by atoms with E-state index >= 15 is 0 Å². The smallest absolute Gasteiger partial charge is 0.263 e. The summed E-state index contributed by atoms with van der Waals surface area (Å²) in [4.78, 5) is 29.4. The van der Waals surface area contributed by atoms with Crippen molar-refractivity contribution in [2.75, 3.05) is 39.8 Å². The van der Waals surface area contributed by atoms with Crippen LogP contribution in [0.3, 0.4) is 0 Å². The standard InChI is InChI=1S/C23H23ClFN3O3S/c1-31-18-7-6-15(12-17(18)25)14-27-8-10-28(11-9-27)20(29)13-26-23(30)22-21(24)16-4-2-3-5-19(16)32-22/h2-7,12H,8-11,13-14H2,1H3,(H,26,30). The van der Waals surface area contributed by atoms with Gasteiger partial charge in [-0.15, -0.1) is 11.3 Å². The number of methoxy groups -OCH3 is 1. The summed E-state index contributed by atoms with van der Waals surface area (Å²) in [5, 5.41) is 3.95. The summed E-state index contributed by atoms with van der Waals surface area (Å²) >= 11 is 7.66. The molecule has 1 aliphatic heterocycles. The highest BCUT2D eigenvalue weighted by Gasteiger charge is 2.23. The van der Waals surface area contributed by atoms with Crippen molar-refractivity contribution in [1.29, 1.82) is 0 Å². The first-order valence-corrected chi connectivity index (χ1v) is 11.4. The van der Waals surface area contributed by atoms with Gasteiger partial charge in [-0.1, -0.05) is 35.9 Å². The monoisotopic (exact) mass is 475 g/mol. The van der Waals surface area contributed by atoms with Crippen molar-refractivity contribution in [3.63, 3.8) is 0 Å². The number of nitrogens with one attached hydrogen (secondary N) is 1. The number of amides is 2. The number of rotatable bonds is 6. The largest absolute Gasteiger partial charge is 0.494 e. The lowest BCUT2D eigenvalue weighted by atomic mass is 10.2. The lowest BCUT2D eigenvalue weighted by Gasteiger charge is -2.34. The Labute approximate surface area is 194 Å². The number of benzene rings is 2. The van der Waals surface area contributed by atoms with Crippen LogP contribution in [0.15, 0.2) is 42.5 Å². The van der Waals surface area contributed by atoms with Crippen molar-refractivity contribution < 1.29 is 18.7 Å². The van der Waals surface area contributed by atoms with E-state index in [-0.39, 0.29) is 29.9 Å². The molecule has 1 aliphatic rings. The molecule has 2 amide bonds. The number of hydrogen-bond donors (Lipinski definition) is 1. The van der Waals surface area contributed by atoms with Crippen LogP contribution in [0.25, 0.3) is 10.1 Å². The van der Waals surface area contributed by atoms with Crippen molar-refractivity contribution in [3.8, 4) is 5.75 Å². The zero-order valence-corrected chi connectivity index (χ0v) is 19.1. The van der Waals surface area contributed by atoms with E-state index in [0.717, 1.165) is 15.6 Å². The number of carbonyl (C=O) groups excluding carboxylic acids is 2. The van der Waals surface area contributed by atoms with Crippen LogP contribution in [0.4, 0.5) is 4.39 Å². The summed E-state index contributed by atoms with van der Waals surface area (Å²) in [6, 6.07) is 12.5. The number of thiophene rings is 1. The van der Waals surface area contributed by atoms with E-state index < -0.39 is 0 Å². The predicted molar refractivity (Wildman–Crippen MR) is 124 cm³/mol. The van der Waals surface area contributed by atoms with Crippen LogP contribution in [0.2, 0.25) is 5.02 Å². The highest BCUT2D eigenvalue weighted by atomic mass is 35.5. The van der Waals surface area contributed by atoms with Gasteiger partial charge in [-0.2, -0.15) is 0 Å². The zero-order valence-electron chi connectivity index (χ0n) is 17.6. The van der Waals surface area contributed by atoms with Crippen molar-refractivity contribution in [1.82, 2.24) is 15.1 Å². The molecular formula is C23H23ClFN3O3S. The van der Waals surface area contributed by atoms with Gasteiger partial charge >= 0.3 is 0 Å². The van der Waals surface area contributed by atoms with Gasteiger partial charge in [0.2, 0.25) is 5.91 Å². The Morgan fingerprint density at radius 1 is 1.16 bits per heavy atom. The topological polar surface area (TPSA) is 61.9 Å². The summed E-state index contributed by atoms with van der Waals surface area (Å²) in [6.45, 7) is 2.98. The summed E-state index contributed by atoms with van der Waals surface area (Å²) in [6.07, 6.45) is 0. The molecule has 32 heavy (non-hydrogen) atoms. The maximum absolute atomic E-state index is 13.9. The minimum atomic E-state index is -0.381. The minimum Gasteiger partial charge on any atom is -0.494 e. The third-order valence-corrected chi connectivity index (χ3v) is 7.16. The van der Waals surface area contributed by atoms with Gasteiger partial charge < -0.3 is 15.0 Å². The molecule has 1 saturated heterocycles. The van der Waals surface area contributed by atoms with Gasteiger partial charge in [0.15, 0.2) is 11.6 Å². The van der Waals surface area contributed by atoms with E-state index in [4.69, 9.17) is 16.3 Å². The maximum Gasteiger partial charge on any atom is 0.263 e. The Morgan fingerprint density at radius 2 is 1.91 bits per heavy atom. The fraction of sp³-hybridized carbons (Fsp3) is 0.304. The van der Waals surface area contributed by atoms with Gasteiger partial charge in [-0.25, -0.2) is 4.39 Å². The molecule has 4 rings (SSSR count). The van der Waals surface area contributed by atoms with Gasteiger partial charge in [-0.3, -0.25) is 14.5 Å². The van der Waals surface area contributed by atoms with Crippen LogP contribution >= 0.6 is 22.9 Å². The molecular weight excluding hydrogens is 453 g/mol. The molecule has 0 bridgehead atoms. The Morgan fingerprint density at radius 3 is 2.59 bits per heavy atom. The lowest BCUT2D eigenvalue weighted by Crippen LogP contribution is -2.50. The highest BCUT2D eigenvalue weighted by Crippen LogP contribution is 2.34. The molecule has 9 heteroatoms. The van der Waals surface area contributed by atoms with Crippen LogP contribution in [-0.2, 0) is 11.3 Å². The van der Waals surface area contributed by atoms with Crippen molar-refractivity contribution in [2.45, 2.75) is 6.54 Å². The number of carbonyl (C=O) groups is 2. The fourth-order valence-corrected chi connectivity index (χ4v) is 5.16. The average Bonchev–Trinajstić information content (AvgIpc) is 3.14. The summed E-state index contributed by atoms with van der Waals surface area (Å²) in [5.74, 6) is -0.633. The second-order valence-electron chi connectivity index (χ2n) is 7.55. The Balaban J connectivity index is 1.26. The van der Waals surface area contributed by atoms with Crippen LogP contribution in [0.1, 0.15) is 15.2 Å². The van der Waals surface area contributed by atoms with Crippen LogP contribution in [0, 0.1) is 5.82 Å². The van der Waals surface area contributed by atoms with Crippen molar-refractivity contribution in [3.05, 3.63) is 63.7 Å². The van der Waals surface area contributed by atoms with Crippen LogP contribution in [0.5, 0.6) is 5.75 Å². The number of piperazine rings is 1. The predicted octanol–water partition coefficient (Wildman–Crippen LogP) is 3.78. The number of fused-ring (bicyclic) bond motifs is 1. The van der Waals surface area contributed by atoms with Gasteiger partial charge in [0, 0.05) is 42.8 Å². The Kier molecular flexibility index (Phi) is 6.93. The highest BCUT2D eigenvalue weighted by molar-refractivity contribution is 7.21. The minimum absolute atomic E-state index is 0.0763.